The molecule has 2 N–H and O–H groups in total. The van der Waals surface area contributed by atoms with E-state index in [4.69, 9.17) is 4.74 Å². The fraction of sp³-hybridized carbons (Fsp3) is 0.133. The molecule has 0 aliphatic carbocycles. The predicted octanol–water partition coefficient (Wildman–Crippen LogP) is 3.68. The summed E-state index contributed by atoms with van der Waals surface area (Å²) in [6, 6.07) is 12.0. The fourth-order valence-electron chi connectivity index (χ4n) is 1.88. The molecule has 0 atom stereocenters. The molecule has 1 amide bonds. The number of hydrogen-bond acceptors (Lipinski definition) is 5. The molecule has 22 heavy (non-hydrogen) atoms. The number of fused-ring (bicyclic) bond motifs is 1. The van der Waals surface area contributed by atoms with Crippen molar-refractivity contribution >= 4 is 35.0 Å². The summed E-state index contributed by atoms with van der Waals surface area (Å²) in [6.45, 7) is 2.05. The number of nitrogens with zero attached hydrogens (tertiary/aromatic N) is 2. The highest BCUT2D eigenvalue weighted by Crippen LogP contribution is 2.28. The molecule has 6 nitrogen and oxygen atoms in total. The zero-order valence-electron chi connectivity index (χ0n) is 11.9. The Labute approximate surface area is 131 Å². The maximum absolute atomic E-state index is 11.4. The Bertz CT molecular complexity index is 789. The molecule has 0 saturated carbocycles. The van der Waals surface area contributed by atoms with E-state index in [0.717, 1.165) is 9.79 Å². The van der Waals surface area contributed by atoms with Crippen molar-refractivity contribution in [1.29, 1.82) is 0 Å². The molecule has 0 fully saturated rings. The van der Waals surface area contributed by atoms with Gasteiger partial charge < -0.3 is 9.72 Å². The molecule has 0 bridgehead atoms. The molecule has 0 saturated heterocycles. The van der Waals surface area contributed by atoms with Gasteiger partial charge in [0.15, 0.2) is 5.65 Å². The Hall–Kier alpha value is -2.54. The molecule has 3 aromatic rings. The third-order valence-corrected chi connectivity index (χ3v) is 3.75. The fourth-order valence-corrected chi connectivity index (χ4v) is 2.72. The highest BCUT2D eigenvalue weighted by Gasteiger charge is 2.09. The number of imidazole rings is 1. The lowest BCUT2D eigenvalue weighted by Gasteiger charge is -2.00. The minimum atomic E-state index is -0.541. The van der Waals surface area contributed by atoms with E-state index >= 15 is 0 Å². The Morgan fingerprint density at radius 1 is 1.32 bits per heavy atom. The number of ether oxygens (including phenoxy) is 1. The van der Waals surface area contributed by atoms with E-state index in [2.05, 4.69) is 20.3 Å². The van der Waals surface area contributed by atoms with Crippen LogP contribution < -0.4 is 5.32 Å². The zero-order chi connectivity index (χ0) is 15.4. The van der Waals surface area contributed by atoms with E-state index in [1.54, 1.807) is 24.9 Å². The van der Waals surface area contributed by atoms with E-state index < -0.39 is 6.09 Å². The van der Waals surface area contributed by atoms with Crippen molar-refractivity contribution in [3.05, 3.63) is 42.6 Å². The first-order valence-corrected chi connectivity index (χ1v) is 7.58. The number of hydrogen-bond donors (Lipinski definition) is 2. The lowest BCUT2D eigenvalue weighted by atomic mass is 10.4. The van der Waals surface area contributed by atoms with Crippen LogP contribution in [-0.2, 0) is 4.74 Å². The molecular formula is C15H14N4O2S. The number of rotatable bonds is 4. The van der Waals surface area contributed by atoms with E-state index in [1.165, 1.54) is 0 Å². The number of carbonyl (C=O) groups excluding carboxylic acids is 1. The van der Waals surface area contributed by atoms with Gasteiger partial charge in [0.25, 0.3) is 0 Å². The first kappa shape index (κ1) is 14.4. The van der Waals surface area contributed by atoms with Crippen molar-refractivity contribution in [2.75, 3.05) is 11.9 Å². The van der Waals surface area contributed by atoms with Gasteiger partial charge in [-0.2, -0.15) is 0 Å². The number of H-pyrrole nitrogens is 1. The van der Waals surface area contributed by atoms with Crippen molar-refractivity contribution in [2.24, 2.45) is 0 Å². The maximum Gasteiger partial charge on any atom is 0.413 e. The molecule has 7 heteroatoms. The van der Waals surface area contributed by atoms with Crippen LogP contribution in [0.25, 0.3) is 11.2 Å². The number of carbonyl (C=O) groups is 1. The van der Waals surface area contributed by atoms with Crippen molar-refractivity contribution in [3.8, 4) is 0 Å². The lowest BCUT2D eigenvalue weighted by Crippen LogP contribution is -2.14. The molecule has 3 rings (SSSR count). The van der Waals surface area contributed by atoms with E-state index in [1.807, 2.05) is 36.4 Å². The van der Waals surface area contributed by atoms with Gasteiger partial charge in [-0.05, 0) is 25.1 Å². The van der Waals surface area contributed by atoms with Crippen molar-refractivity contribution in [3.63, 3.8) is 0 Å². The third-order valence-electron chi connectivity index (χ3n) is 2.79. The van der Waals surface area contributed by atoms with Crippen molar-refractivity contribution in [2.45, 2.75) is 16.7 Å². The minimum Gasteiger partial charge on any atom is -0.450 e. The second kappa shape index (κ2) is 6.48. The van der Waals surface area contributed by atoms with Crippen LogP contribution in [0.5, 0.6) is 0 Å². The molecule has 1 aromatic carbocycles. The lowest BCUT2D eigenvalue weighted by molar-refractivity contribution is 0.167. The number of aromatic nitrogens is 3. The van der Waals surface area contributed by atoms with Crippen LogP contribution in [0.1, 0.15) is 6.92 Å². The Morgan fingerprint density at radius 3 is 2.91 bits per heavy atom. The van der Waals surface area contributed by atoms with E-state index in [9.17, 15) is 4.79 Å². The second-order valence-corrected chi connectivity index (χ2v) is 5.53. The first-order chi connectivity index (χ1) is 10.7. The van der Waals surface area contributed by atoms with Crippen LogP contribution in [0.3, 0.4) is 0 Å². The topological polar surface area (TPSA) is 79.9 Å². The number of pyridine rings is 1. The number of nitrogens with one attached hydrogen (secondary N) is 2. The van der Waals surface area contributed by atoms with Gasteiger partial charge in [0, 0.05) is 16.0 Å². The molecule has 0 radical (unpaired) electrons. The predicted molar refractivity (Wildman–Crippen MR) is 85.1 cm³/mol. The summed E-state index contributed by atoms with van der Waals surface area (Å²) in [6.07, 6.45) is 1.23. The van der Waals surface area contributed by atoms with Gasteiger partial charge in [-0.15, -0.1) is 0 Å². The largest absolute Gasteiger partial charge is 0.450 e. The molecule has 0 spiro atoms. The van der Waals surface area contributed by atoms with Gasteiger partial charge in [0.05, 0.1) is 6.61 Å². The van der Waals surface area contributed by atoms with Crippen LogP contribution in [0.4, 0.5) is 10.7 Å². The smallest absolute Gasteiger partial charge is 0.413 e. The molecular weight excluding hydrogens is 300 g/mol. The van der Waals surface area contributed by atoms with Gasteiger partial charge in [0.1, 0.15) is 5.52 Å². The van der Waals surface area contributed by atoms with E-state index in [0.29, 0.717) is 23.7 Å². The number of amides is 1. The Balaban J connectivity index is 1.79. The molecule has 2 aromatic heterocycles. The van der Waals surface area contributed by atoms with Gasteiger partial charge in [-0.3, -0.25) is 5.32 Å². The van der Waals surface area contributed by atoms with E-state index in [-0.39, 0.29) is 0 Å². The summed E-state index contributed by atoms with van der Waals surface area (Å²) in [5.41, 5.74) is 1.30. The summed E-state index contributed by atoms with van der Waals surface area (Å²) in [4.78, 5) is 25.0. The Kier molecular flexibility index (Phi) is 4.24. The van der Waals surface area contributed by atoms with Crippen LogP contribution in [-0.4, -0.2) is 27.7 Å². The Morgan fingerprint density at radius 2 is 2.14 bits per heavy atom. The monoisotopic (exact) mass is 314 g/mol. The van der Waals surface area contributed by atoms with Gasteiger partial charge >= 0.3 is 6.09 Å². The average Bonchev–Trinajstić information content (AvgIpc) is 2.90. The van der Waals surface area contributed by atoms with Crippen molar-refractivity contribution < 1.29 is 9.53 Å². The first-order valence-electron chi connectivity index (χ1n) is 6.77. The second-order valence-electron chi connectivity index (χ2n) is 4.38. The minimum absolute atomic E-state index is 0.308. The van der Waals surface area contributed by atoms with Crippen LogP contribution in [0.2, 0.25) is 0 Å². The normalized spacial score (nSPS) is 10.6. The van der Waals surface area contributed by atoms with Crippen molar-refractivity contribution in [1.82, 2.24) is 15.0 Å². The maximum atomic E-state index is 11.4. The third kappa shape index (κ3) is 3.37. The standard InChI is InChI=1S/C15H14N4O2S/c1-2-21-15(20)19-14-17-12-8-11(9-16-13(12)18-14)22-10-6-4-3-5-7-10/h3-9H,2H2,1H3,(H2,16,17,18,19,20). The highest BCUT2D eigenvalue weighted by atomic mass is 32.2. The zero-order valence-corrected chi connectivity index (χ0v) is 12.7. The number of benzene rings is 1. The molecule has 0 unspecified atom stereocenters. The summed E-state index contributed by atoms with van der Waals surface area (Å²) in [5.74, 6) is 0.322. The summed E-state index contributed by atoms with van der Waals surface area (Å²) in [7, 11) is 0. The molecule has 2 heterocycles. The molecule has 0 aliphatic heterocycles. The van der Waals surface area contributed by atoms with Gasteiger partial charge in [0.2, 0.25) is 5.95 Å². The van der Waals surface area contributed by atoms with Gasteiger partial charge in [-0.1, -0.05) is 30.0 Å². The number of anilines is 1. The molecule has 112 valence electrons. The average molecular weight is 314 g/mol. The SMILES string of the molecule is CCOC(=O)Nc1nc2cc(Sc3ccccc3)cnc2[nH]1. The van der Waals surface area contributed by atoms with Gasteiger partial charge in [-0.25, -0.2) is 14.8 Å². The summed E-state index contributed by atoms with van der Waals surface area (Å²) >= 11 is 1.61. The quantitative estimate of drug-likeness (QED) is 0.768. The van der Waals surface area contributed by atoms with Crippen LogP contribution in [0, 0.1) is 0 Å². The summed E-state index contributed by atoms with van der Waals surface area (Å²) < 4.78 is 4.81. The number of aromatic amines is 1. The van der Waals surface area contributed by atoms with Crippen LogP contribution in [0.15, 0.2) is 52.4 Å². The molecule has 0 aliphatic rings. The summed E-state index contributed by atoms with van der Waals surface area (Å²) in [5, 5.41) is 2.53. The van der Waals surface area contributed by atoms with Crippen LogP contribution >= 0.6 is 11.8 Å². The highest BCUT2D eigenvalue weighted by molar-refractivity contribution is 7.99.